The summed E-state index contributed by atoms with van der Waals surface area (Å²) in [6.45, 7) is 0. The van der Waals surface area contributed by atoms with Crippen molar-refractivity contribution >= 4 is 32.4 Å². The molecule has 3 N–H and O–H groups in total. The average molecular weight is 237 g/mol. The molecular formula is C10H9BrN2. The van der Waals surface area contributed by atoms with Crippen molar-refractivity contribution in [1.82, 2.24) is 0 Å². The molecule has 0 amide bonds. The Morgan fingerprint density at radius 1 is 1.08 bits per heavy atom. The summed E-state index contributed by atoms with van der Waals surface area (Å²) in [5.41, 5.74) is 3.62. The molecule has 0 radical (unpaired) electrons. The van der Waals surface area contributed by atoms with Crippen LogP contribution in [0.4, 0.5) is 5.69 Å². The second kappa shape index (κ2) is 3.36. The van der Waals surface area contributed by atoms with E-state index in [0.29, 0.717) is 0 Å². The fourth-order valence-corrected chi connectivity index (χ4v) is 1.85. The molecule has 0 aliphatic carbocycles. The van der Waals surface area contributed by atoms with Crippen LogP contribution in [0.25, 0.3) is 10.8 Å². The molecule has 0 fully saturated rings. The van der Waals surface area contributed by atoms with Crippen molar-refractivity contribution in [1.29, 1.82) is 0 Å². The predicted octanol–water partition coefficient (Wildman–Crippen LogP) is 2.89. The summed E-state index contributed by atoms with van der Waals surface area (Å²) in [5, 5.41) is 2.30. The molecule has 0 saturated carbocycles. The number of hydrogen-bond donors (Lipinski definition) is 2. The first kappa shape index (κ1) is 8.53. The van der Waals surface area contributed by atoms with Gasteiger partial charge in [0.1, 0.15) is 0 Å². The van der Waals surface area contributed by atoms with Crippen molar-refractivity contribution in [3.8, 4) is 0 Å². The van der Waals surface area contributed by atoms with E-state index in [-0.39, 0.29) is 0 Å². The quantitative estimate of drug-likeness (QED) is 0.591. The van der Waals surface area contributed by atoms with Gasteiger partial charge in [0.2, 0.25) is 0 Å². The normalized spacial score (nSPS) is 10.3. The van der Waals surface area contributed by atoms with Crippen LogP contribution in [-0.2, 0) is 0 Å². The van der Waals surface area contributed by atoms with Crippen molar-refractivity contribution in [2.75, 3.05) is 5.43 Å². The predicted molar refractivity (Wildman–Crippen MR) is 59.5 cm³/mol. The first-order valence-electron chi connectivity index (χ1n) is 3.97. The topological polar surface area (TPSA) is 38.0 Å². The van der Waals surface area contributed by atoms with E-state index in [0.717, 1.165) is 15.5 Å². The van der Waals surface area contributed by atoms with Crippen LogP contribution in [0.2, 0.25) is 0 Å². The Labute approximate surface area is 84.8 Å². The lowest BCUT2D eigenvalue weighted by molar-refractivity contribution is 1.36. The number of nitrogens with one attached hydrogen (secondary N) is 1. The third-order valence-electron chi connectivity index (χ3n) is 2.02. The molecule has 13 heavy (non-hydrogen) atoms. The van der Waals surface area contributed by atoms with Gasteiger partial charge in [0.25, 0.3) is 0 Å². The fraction of sp³-hybridized carbons (Fsp3) is 0. The maximum absolute atomic E-state index is 5.44. The molecule has 2 aromatic rings. The molecule has 66 valence electrons. The number of hydrogen-bond acceptors (Lipinski definition) is 2. The zero-order valence-electron chi connectivity index (χ0n) is 6.92. The number of rotatable bonds is 1. The SMILES string of the molecule is NNc1c(Br)ccc2ccccc12. The fourth-order valence-electron chi connectivity index (χ4n) is 1.39. The summed E-state index contributed by atoms with van der Waals surface area (Å²) in [5.74, 6) is 5.44. The standard InChI is InChI=1S/C10H9BrN2/c11-9-6-5-7-3-1-2-4-8(7)10(9)13-12/h1-6,13H,12H2. The zero-order valence-corrected chi connectivity index (χ0v) is 8.51. The van der Waals surface area contributed by atoms with Crippen LogP contribution in [0.1, 0.15) is 0 Å². The van der Waals surface area contributed by atoms with E-state index >= 15 is 0 Å². The molecule has 0 unspecified atom stereocenters. The van der Waals surface area contributed by atoms with Crippen LogP contribution < -0.4 is 11.3 Å². The zero-order chi connectivity index (χ0) is 9.26. The molecule has 2 aromatic carbocycles. The molecule has 0 heterocycles. The maximum atomic E-state index is 5.44. The van der Waals surface area contributed by atoms with Crippen molar-refractivity contribution in [3.05, 3.63) is 40.9 Å². The van der Waals surface area contributed by atoms with E-state index in [4.69, 9.17) is 5.84 Å². The van der Waals surface area contributed by atoms with E-state index in [1.165, 1.54) is 5.39 Å². The minimum absolute atomic E-state index is 0.929. The monoisotopic (exact) mass is 236 g/mol. The lowest BCUT2D eigenvalue weighted by atomic mass is 10.1. The Morgan fingerprint density at radius 2 is 1.85 bits per heavy atom. The number of hydrazine groups is 1. The molecule has 0 saturated heterocycles. The molecular weight excluding hydrogens is 228 g/mol. The number of fused-ring (bicyclic) bond motifs is 1. The number of benzene rings is 2. The van der Waals surface area contributed by atoms with Crippen molar-refractivity contribution in [2.45, 2.75) is 0 Å². The van der Waals surface area contributed by atoms with Gasteiger partial charge < -0.3 is 5.43 Å². The number of nitrogens with two attached hydrogens (primary N) is 1. The highest BCUT2D eigenvalue weighted by Crippen LogP contribution is 2.30. The average Bonchev–Trinajstić information content (AvgIpc) is 2.18. The van der Waals surface area contributed by atoms with E-state index in [1.54, 1.807) is 0 Å². The van der Waals surface area contributed by atoms with Crippen molar-refractivity contribution in [3.63, 3.8) is 0 Å². The second-order valence-corrected chi connectivity index (χ2v) is 3.64. The number of halogens is 1. The van der Waals surface area contributed by atoms with Crippen LogP contribution in [-0.4, -0.2) is 0 Å². The Kier molecular flexibility index (Phi) is 2.20. The highest BCUT2D eigenvalue weighted by atomic mass is 79.9. The highest BCUT2D eigenvalue weighted by molar-refractivity contribution is 9.10. The maximum Gasteiger partial charge on any atom is 0.0706 e. The summed E-state index contributed by atoms with van der Waals surface area (Å²) in [7, 11) is 0. The largest absolute Gasteiger partial charge is 0.322 e. The van der Waals surface area contributed by atoms with Gasteiger partial charge in [-0.2, -0.15) is 0 Å². The molecule has 0 spiro atoms. The van der Waals surface area contributed by atoms with Gasteiger partial charge in [0.05, 0.1) is 5.69 Å². The van der Waals surface area contributed by atoms with E-state index in [9.17, 15) is 0 Å². The van der Waals surface area contributed by atoms with Crippen LogP contribution >= 0.6 is 15.9 Å². The molecule has 0 bridgehead atoms. The third kappa shape index (κ3) is 1.41. The third-order valence-corrected chi connectivity index (χ3v) is 2.68. The minimum atomic E-state index is 0.929. The van der Waals surface area contributed by atoms with Gasteiger partial charge in [-0.15, -0.1) is 0 Å². The molecule has 3 heteroatoms. The number of anilines is 1. The summed E-state index contributed by atoms with van der Waals surface area (Å²) < 4.78 is 0.980. The smallest absolute Gasteiger partial charge is 0.0706 e. The van der Waals surface area contributed by atoms with Crippen LogP contribution in [0.15, 0.2) is 40.9 Å². The van der Waals surface area contributed by atoms with Crippen LogP contribution in [0, 0.1) is 0 Å². The van der Waals surface area contributed by atoms with Gasteiger partial charge >= 0.3 is 0 Å². The Balaban J connectivity index is 2.84. The lowest BCUT2D eigenvalue weighted by Crippen LogP contribution is -2.07. The molecule has 0 aromatic heterocycles. The van der Waals surface area contributed by atoms with Gasteiger partial charge in [-0.05, 0) is 27.4 Å². The summed E-state index contributed by atoms with van der Waals surface area (Å²) in [6, 6.07) is 12.1. The lowest BCUT2D eigenvalue weighted by Gasteiger charge is -2.07. The summed E-state index contributed by atoms with van der Waals surface area (Å²) in [4.78, 5) is 0. The molecule has 0 aliphatic rings. The Morgan fingerprint density at radius 3 is 2.62 bits per heavy atom. The van der Waals surface area contributed by atoms with E-state index < -0.39 is 0 Å². The van der Waals surface area contributed by atoms with Gasteiger partial charge in [0, 0.05) is 9.86 Å². The van der Waals surface area contributed by atoms with Gasteiger partial charge in [0.15, 0.2) is 0 Å². The Hall–Kier alpha value is -1.06. The first-order valence-corrected chi connectivity index (χ1v) is 4.76. The van der Waals surface area contributed by atoms with Crippen LogP contribution in [0.3, 0.4) is 0 Å². The van der Waals surface area contributed by atoms with Crippen molar-refractivity contribution in [2.24, 2.45) is 5.84 Å². The van der Waals surface area contributed by atoms with Crippen LogP contribution in [0.5, 0.6) is 0 Å². The molecule has 2 rings (SSSR count). The first-order chi connectivity index (χ1) is 6.33. The van der Waals surface area contributed by atoms with Gasteiger partial charge in [-0.25, -0.2) is 0 Å². The Bertz CT molecular complexity index is 440. The van der Waals surface area contributed by atoms with Crippen molar-refractivity contribution < 1.29 is 0 Å². The van der Waals surface area contributed by atoms with Gasteiger partial charge in [-0.1, -0.05) is 30.3 Å². The number of nitrogen functional groups attached to an aromatic ring is 1. The van der Waals surface area contributed by atoms with Gasteiger partial charge in [-0.3, -0.25) is 5.84 Å². The van der Waals surface area contributed by atoms with E-state index in [2.05, 4.69) is 33.5 Å². The molecule has 0 atom stereocenters. The minimum Gasteiger partial charge on any atom is -0.322 e. The second-order valence-electron chi connectivity index (χ2n) is 2.79. The van der Waals surface area contributed by atoms with E-state index in [1.807, 2.05) is 24.3 Å². The summed E-state index contributed by atoms with van der Waals surface area (Å²) in [6.07, 6.45) is 0. The molecule has 0 aliphatic heterocycles. The molecule has 2 nitrogen and oxygen atoms in total. The highest BCUT2D eigenvalue weighted by Gasteiger charge is 2.02. The summed E-state index contributed by atoms with van der Waals surface area (Å²) >= 11 is 3.44.